The third-order valence-corrected chi connectivity index (χ3v) is 4.09. The lowest BCUT2D eigenvalue weighted by molar-refractivity contribution is -0.137. The molecule has 2 rings (SSSR count). The summed E-state index contributed by atoms with van der Waals surface area (Å²) in [5.74, 6) is -0.624. The third kappa shape index (κ3) is 4.23. The number of anilines is 1. The largest absolute Gasteiger partial charge is 0.418 e. The number of aromatic nitrogens is 3. The van der Waals surface area contributed by atoms with Crippen LogP contribution >= 0.6 is 27.7 Å². The van der Waals surface area contributed by atoms with Gasteiger partial charge in [-0.2, -0.15) is 13.2 Å². The van der Waals surface area contributed by atoms with Crippen molar-refractivity contribution in [1.82, 2.24) is 14.8 Å². The second kappa shape index (κ2) is 6.69. The summed E-state index contributed by atoms with van der Waals surface area (Å²) < 4.78 is 40.7. The van der Waals surface area contributed by atoms with Crippen LogP contribution in [0.15, 0.2) is 34.2 Å². The first kappa shape index (κ1) is 16.8. The van der Waals surface area contributed by atoms with Crippen molar-refractivity contribution < 1.29 is 18.0 Å². The Labute approximate surface area is 136 Å². The van der Waals surface area contributed by atoms with E-state index in [-0.39, 0.29) is 15.9 Å². The van der Waals surface area contributed by atoms with Gasteiger partial charge in [0.25, 0.3) is 0 Å². The number of alkyl halides is 3. The summed E-state index contributed by atoms with van der Waals surface area (Å²) in [6, 6.07) is 3.56. The molecule has 0 fully saturated rings. The molecule has 1 N–H and O–H groups in total. The summed E-state index contributed by atoms with van der Waals surface area (Å²) in [6.07, 6.45) is -3.08. The molecular formula is C12H10BrF3N4OS. The lowest BCUT2D eigenvalue weighted by atomic mass is 10.1. The molecule has 2 aromatic rings. The zero-order valence-corrected chi connectivity index (χ0v) is 13.6. The van der Waals surface area contributed by atoms with E-state index >= 15 is 0 Å². The highest BCUT2D eigenvalue weighted by molar-refractivity contribution is 9.10. The van der Waals surface area contributed by atoms with Gasteiger partial charge in [0.1, 0.15) is 6.33 Å². The number of carbonyl (C=O) groups is 1. The first-order chi connectivity index (χ1) is 10.3. The number of rotatable bonds is 4. The molecule has 0 aliphatic rings. The Balaban J connectivity index is 2.07. The number of thioether (sulfide) groups is 1. The van der Waals surface area contributed by atoms with Crippen molar-refractivity contribution in [1.29, 1.82) is 0 Å². The Morgan fingerprint density at radius 1 is 1.45 bits per heavy atom. The Kier molecular flexibility index (Phi) is 5.12. The highest BCUT2D eigenvalue weighted by Gasteiger charge is 2.34. The molecule has 1 aromatic carbocycles. The highest BCUT2D eigenvalue weighted by Crippen LogP contribution is 2.36. The average Bonchev–Trinajstić information content (AvgIpc) is 2.83. The standard InChI is InChI=1S/C12H10BrF3N4OS/c1-20-6-17-19-11(20)22-5-10(21)18-9-3-2-7(13)4-8(9)12(14,15)16/h2-4,6H,5H2,1H3,(H,18,21). The molecule has 0 aliphatic carbocycles. The van der Waals surface area contributed by atoms with Crippen LogP contribution in [0, 0.1) is 0 Å². The quantitative estimate of drug-likeness (QED) is 0.807. The van der Waals surface area contributed by atoms with Crippen molar-refractivity contribution in [2.45, 2.75) is 11.3 Å². The molecular weight excluding hydrogens is 385 g/mol. The van der Waals surface area contributed by atoms with E-state index in [0.29, 0.717) is 5.16 Å². The monoisotopic (exact) mass is 394 g/mol. The minimum Gasteiger partial charge on any atom is -0.325 e. The normalized spacial score (nSPS) is 11.5. The molecule has 0 atom stereocenters. The molecule has 0 unspecified atom stereocenters. The molecule has 1 heterocycles. The zero-order valence-electron chi connectivity index (χ0n) is 11.2. The minimum absolute atomic E-state index is 0.0695. The fraction of sp³-hybridized carbons (Fsp3) is 0.250. The van der Waals surface area contributed by atoms with Crippen molar-refractivity contribution in [3.05, 3.63) is 34.6 Å². The van der Waals surface area contributed by atoms with Crippen LogP contribution in [0.3, 0.4) is 0 Å². The maximum atomic E-state index is 12.9. The summed E-state index contributed by atoms with van der Waals surface area (Å²) in [7, 11) is 1.71. The van der Waals surface area contributed by atoms with Crippen LogP contribution in [0.25, 0.3) is 0 Å². The van der Waals surface area contributed by atoms with Crippen LogP contribution in [0.5, 0.6) is 0 Å². The van der Waals surface area contributed by atoms with E-state index in [1.807, 2.05) is 0 Å². The van der Waals surface area contributed by atoms with Crippen molar-refractivity contribution >= 4 is 39.3 Å². The number of amides is 1. The van der Waals surface area contributed by atoms with Gasteiger partial charge in [-0.25, -0.2) is 0 Å². The summed E-state index contributed by atoms with van der Waals surface area (Å²) in [5.41, 5.74) is -1.18. The Bertz CT molecular complexity index is 689. The smallest absolute Gasteiger partial charge is 0.325 e. The number of halogens is 4. The maximum Gasteiger partial charge on any atom is 0.418 e. The predicted molar refractivity (Wildman–Crippen MR) is 79.5 cm³/mol. The molecule has 1 amide bonds. The van der Waals surface area contributed by atoms with E-state index in [1.165, 1.54) is 18.5 Å². The van der Waals surface area contributed by atoms with Gasteiger partial charge >= 0.3 is 6.18 Å². The minimum atomic E-state index is -4.55. The fourth-order valence-corrected chi connectivity index (χ4v) is 2.63. The fourth-order valence-electron chi connectivity index (χ4n) is 1.58. The molecule has 118 valence electrons. The summed E-state index contributed by atoms with van der Waals surface area (Å²) in [5, 5.41) is 10.2. The van der Waals surface area contributed by atoms with Crippen LogP contribution in [0.2, 0.25) is 0 Å². The summed E-state index contributed by atoms with van der Waals surface area (Å²) in [4.78, 5) is 11.8. The first-order valence-corrected chi connectivity index (χ1v) is 7.68. The van der Waals surface area contributed by atoms with E-state index in [1.54, 1.807) is 11.6 Å². The van der Waals surface area contributed by atoms with Gasteiger partial charge < -0.3 is 9.88 Å². The molecule has 0 saturated heterocycles. The van der Waals surface area contributed by atoms with Crippen molar-refractivity contribution in [3.8, 4) is 0 Å². The van der Waals surface area contributed by atoms with E-state index in [9.17, 15) is 18.0 Å². The van der Waals surface area contributed by atoms with Gasteiger partial charge in [-0.15, -0.1) is 10.2 Å². The second-order valence-electron chi connectivity index (χ2n) is 4.25. The first-order valence-electron chi connectivity index (χ1n) is 5.91. The summed E-state index contributed by atoms with van der Waals surface area (Å²) in [6.45, 7) is 0. The SMILES string of the molecule is Cn1cnnc1SCC(=O)Nc1ccc(Br)cc1C(F)(F)F. The molecule has 0 bridgehead atoms. The van der Waals surface area contributed by atoms with Crippen LogP contribution < -0.4 is 5.32 Å². The van der Waals surface area contributed by atoms with Crippen molar-refractivity contribution in [3.63, 3.8) is 0 Å². The van der Waals surface area contributed by atoms with Gasteiger partial charge in [-0.3, -0.25) is 4.79 Å². The number of aryl methyl sites for hydroxylation is 1. The van der Waals surface area contributed by atoms with Gasteiger partial charge in [-0.1, -0.05) is 27.7 Å². The Morgan fingerprint density at radius 2 is 2.18 bits per heavy atom. The number of nitrogens with zero attached hydrogens (tertiary/aromatic N) is 3. The number of benzene rings is 1. The molecule has 0 aliphatic heterocycles. The van der Waals surface area contributed by atoms with Crippen molar-refractivity contribution in [2.75, 3.05) is 11.1 Å². The van der Waals surface area contributed by atoms with Gasteiger partial charge in [-0.05, 0) is 18.2 Å². The van der Waals surface area contributed by atoms with Crippen LogP contribution in [-0.2, 0) is 18.0 Å². The lowest BCUT2D eigenvalue weighted by Gasteiger charge is -2.14. The predicted octanol–water partition coefficient (Wildman–Crippen LogP) is 3.33. The Morgan fingerprint density at radius 3 is 2.77 bits per heavy atom. The lowest BCUT2D eigenvalue weighted by Crippen LogP contribution is -2.18. The Hall–Kier alpha value is -1.55. The van der Waals surface area contributed by atoms with E-state index < -0.39 is 17.6 Å². The van der Waals surface area contributed by atoms with Crippen LogP contribution in [-0.4, -0.2) is 26.4 Å². The molecule has 0 spiro atoms. The van der Waals surface area contributed by atoms with Gasteiger partial charge in [0.05, 0.1) is 17.0 Å². The molecule has 0 saturated carbocycles. The molecule has 0 radical (unpaired) electrons. The number of nitrogens with one attached hydrogen (secondary N) is 1. The second-order valence-corrected chi connectivity index (χ2v) is 6.11. The third-order valence-electron chi connectivity index (χ3n) is 2.56. The van der Waals surface area contributed by atoms with E-state index in [2.05, 4.69) is 31.4 Å². The topological polar surface area (TPSA) is 59.8 Å². The number of hydrogen-bond acceptors (Lipinski definition) is 4. The van der Waals surface area contributed by atoms with Gasteiger partial charge in [0.15, 0.2) is 5.16 Å². The van der Waals surface area contributed by atoms with E-state index in [0.717, 1.165) is 17.8 Å². The summed E-state index contributed by atoms with van der Waals surface area (Å²) >= 11 is 4.07. The van der Waals surface area contributed by atoms with Crippen molar-refractivity contribution in [2.24, 2.45) is 7.05 Å². The maximum absolute atomic E-state index is 12.9. The zero-order chi connectivity index (χ0) is 16.3. The molecule has 5 nitrogen and oxygen atoms in total. The molecule has 22 heavy (non-hydrogen) atoms. The van der Waals surface area contributed by atoms with E-state index in [4.69, 9.17) is 0 Å². The number of carbonyl (C=O) groups excluding carboxylic acids is 1. The van der Waals surface area contributed by atoms with Gasteiger partial charge in [0, 0.05) is 11.5 Å². The van der Waals surface area contributed by atoms with Crippen LogP contribution in [0.1, 0.15) is 5.56 Å². The van der Waals surface area contributed by atoms with Crippen LogP contribution in [0.4, 0.5) is 18.9 Å². The van der Waals surface area contributed by atoms with Gasteiger partial charge in [0.2, 0.25) is 5.91 Å². The highest BCUT2D eigenvalue weighted by atomic mass is 79.9. The number of hydrogen-bond donors (Lipinski definition) is 1. The molecule has 1 aromatic heterocycles. The molecule has 10 heteroatoms. The average molecular weight is 395 g/mol.